The molecule has 0 bridgehead atoms. The molecule has 2 aliphatic rings. The van der Waals surface area contributed by atoms with Gasteiger partial charge >= 0.3 is 37.1 Å². The Morgan fingerprint density at radius 3 is 1.48 bits per heavy atom. The largest absolute Gasteiger partial charge is 0.420 e. The molecule has 2 radical (unpaired) electrons. The molecule has 0 aliphatic carbocycles. The highest BCUT2D eigenvalue weighted by atomic mass is 28.5. The Kier molecular flexibility index (Phi) is 7.99. The van der Waals surface area contributed by atoms with Crippen molar-refractivity contribution in [3.63, 3.8) is 0 Å². The Hall–Kier alpha value is 1.42. The minimum Gasteiger partial charge on any atom is -0.420 e. The van der Waals surface area contributed by atoms with Crippen molar-refractivity contribution in [2.24, 2.45) is 0 Å². The Morgan fingerprint density at radius 2 is 1.09 bits per heavy atom. The van der Waals surface area contributed by atoms with Crippen LogP contribution in [0.2, 0.25) is 44.9 Å². The minimum atomic E-state index is -2.44. The average Bonchev–Trinajstić information content (AvgIpc) is 2.33. The number of hydrogen-bond donors (Lipinski definition) is 0. The highest BCUT2D eigenvalue weighted by Gasteiger charge is 2.48. The monoisotopic (exact) mass is 462 g/mol. The number of hydrogen-bond acceptors (Lipinski definition) is 8. The van der Waals surface area contributed by atoms with Gasteiger partial charge in [0.2, 0.25) is 0 Å². The summed E-state index contributed by atoms with van der Waals surface area (Å²) < 4.78 is 48.0. The van der Waals surface area contributed by atoms with Crippen LogP contribution in [0.15, 0.2) is 0 Å². The molecule has 23 heavy (non-hydrogen) atoms. The van der Waals surface area contributed by atoms with E-state index in [9.17, 15) is 0 Å². The molecule has 0 N–H and O–H groups in total. The van der Waals surface area contributed by atoms with E-state index >= 15 is 0 Å². The number of rotatable bonds is 2. The van der Waals surface area contributed by atoms with Gasteiger partial charge in [0, 0.05) is 5.67 Å². The third-order valence-corrected chi connectivity index (χ3v) is 30.0. The summed E-state index contributed by atoms with van der Waals surface area (Å²) in [5.41, 5.74) is 0.694. The van der Waals surface area contributed by atoms with E-state index in [1.54, 1.807) is 0 Å². The fraction of sp³-hybridized carbons (Fsp3) is 1.00. The molecule has 2 aliphatic heterocycles. The van der Waals surface area contributed by atoms with Crippen LogP contribution >= 0.6 is 0 Å². The molecule has 0 aromatic heterocycles. The fourth-order valence-electron chi connectivity index (χ4n) is 2.58. The van der Waals surface area contributed by atoms with E-state index in [0.29, 0.717) is 5.67 Å². The molecule has 6 unspecified atom stereocenters. The van der Waals surface area contributed by atoms with Crippen molar-refractivity contribution in [2.75, 3.05) is 0 Å². The Bertz CT molecular complexity index is 361. The molecule has 0 saturated carbocycles. The van der Waals surface area contributed by atoms with E-state index in [1.165, 1.54) is 0 Å². The lowest BCUT2D eigenvalue weighted by Gasteiger charge is -2.40. The lowest BCUT2D eigenvalue weighted by atomic mass is 11.8. The van der Waals surface area contributed by atoms with Crippen LogP contribution < -0.4 is 0 Å². The molecule has 2 saturated heterocycles. The zero-order chi connectivity index (χ0) is 17.1. The summed E-state index contributed by atoms with van der Waals surface area (Å²) >= 11 is 0. The van der Waals surface area contributed by atoms with Crippen molar-refractivity contribution < 1.29 is 32.9 Å². The molecule has 0 amide bonds. The van der Waals surface area contributed by atoms with Crippen molar-refractivity contribution in [3.05, 3.63) is 0 Å². The first-order valence-electron chi connectivity index (χ1n) is 7.66. The second kappa shape index (κ2) is 8.87. The second-order valence-corrected chi connectivity index (χ2v) is 24.9. The summed E-state index contributed by atoms with van der Waals surface area (Å²) in [6, 6.07) is 0. The molecule has 0 aromatic rings. The average molecular weight is 463 g/mol. The summed E-state index contributed by atoms with van der Waals surface area (Å²) in [6.07, 6.45) is 0. The van der Waals surface area contributed by atoms with Gasteiger partial charge in [0.1, 0.15) is 0 Å². The molecule has 8 nitrogen and oxygen atoms in total. The first kappa shape index (κ1) is 20.7. The maximum atomic E-state index is 6.28. The molecule has 16 heteroatoms. The van der Waals surface area contributed by atoms with Crippen molar-refractivity contribution in [1.82, 2.24) is 0 Å². The van der Waals surface area contributed by atoms with Crippen LogP contribution in [0.25, 0.3) is 0 Å². The van der Waals surface area contributed by atoms with Gasteiger partial charge in [-0.1, -0.05) is 0 Å². The highest BCUT2D eigenvalue weighted by Crippen LogP contribution is 2.27. The van der Waals surface area contributed by atoms with Gasteiger partial charge in [0.15, 0.2) is 0 Å². The molecular formula is C7H26O8Si8. The SMILES string of the molecule is C[SiH]1O[SiH]O[Si](C)(C[Si]2(C)O[SiH]O[SiH](C)O[SiH](C)O2)O[SiH](C)O1. The summed E-state index contributed by atoms with van der Waals surface area (Å²) in [5.74, 6) is 0. The maximum Gasteiger partial charge on any atom is 0.345 e. The van der Waals surface area contributed by atoms with E-state index < -0.39 is 74.3 Å². The van der Waals surface area contributed by atoms with Gasteiger partial charge in [-0.25, -0.2) is 0 Å². The van der Waals surface area contributed by atoms with Crippen LogP contribution in [0.3, 0.4) is 0 Å². The molecule has 6 atom stereocenters. The van der Waals surface area contributed by atoms with Crippen LogP contribution in [0.5, 0.6) is 0 Å². The van der Waals surface area contributed by atoms with Crippen LogP contribution in [0.1, 0.15) is 0 Å². The third kappa shape index (κ3) is 6.91. The van der Waals surface area contributed by atoms with Crippen LogP contribution in [-0.4, -0.2) is 74.3 Å². The highest BCUT2D eigenvalue weighted by molar-refractivity contribution is 6.92. The van der Waals surface area contributed by atoms with E-state index in [4.69, 9.17) is 32.9 Å². The van der Waals surface area contributed by atoms with Crippen molar-refractivity contribution >= 4 is 74.3 Å². The van der Waals surface area contributed by atoms with Crippen LogP contribution in [-0.2, 0) is 32.9 Å². The molecule has 2 rings (SSSR count). The van der Waals surface area contributed by atoms with Crippen molar-refractivity contribution in [2.45, 2.75) is 44.9 Å². The van der Waals surface area contributed by atoms with Gasteiger partial charge in [0.05, 0.1) is 0 Å². The Balaban J connectivity index is 2.04. The topological polar surface area (TPSA) is 73.8 Å². The molecule has 2 heterocycles. The van der Waals surface area contributed by atoms with Gasteiger partial charge in [-0.05, 0) is 39.3 Å². The van der Waals surface area contributed by atoms with Gasteiger partial charge in [-0.3, -0.25) is 0 Å². The van der Waals surface area contributed by atoms with Crippen molar-refractivity contribution in [3.8, 4) is 0 Å². The van der Waals surface area contributed by atoms with E-state index in [1.807, 2.05) is 26.2 Å². The van der Waals surface area contributed by atoms with Gasteiger partial charge in [-0.15, -0.1) is 0 Å². The second-order valence-electron chi connectivity index (χ2n) is 5.92. The molecule has 0 aromatic carbocycles. The van der Waals surface area contributed by atoms with Crippen molar-refractivity contribution in [1.29, 1.82) is 0 Å². The minimum absolute atomic E-state index is 0.544. The predicted octanol–water partition coefficient (Wildman–Crippen LogP) is -1.24. The first-order chi connectivity index (χ1) is 10.7. The van der Waals surface area contributed by atoms with E-state index in [0.717, 1.165) is 0 Å². The molecule has 0 spiro atoms. The molecule has 134 valence electrons. The summed E-state index contributed by atoms with van der Waals surface area (Å²) in [5, 5.41) is 0. The normalized spacial score (nSPS) is 47.2. The summed E-state index contributed by atoms with van der Waals surface area (Å²) in [7, 11) is -12.6. The van der Waals surface area contributed by atoms with Crippen LogP contribution in [0, 0.1) is 0 Å². The maximum absolute atomic E-state index is 6.28. The van der Waals surface area contributed by atoms with Gasteiger partial charge in [-0.2, -0.15) is 0 Å². The van der Waals surface area contributed by atoms with Gasteiger partial charge < -0.3 is 32.9 Å². The molecular weight excluding hydrogens is 437 g/mol. The Labute approximate surface area is 152 Å². The first-order valence-corrected chi connectivity index (χ1v) is 23.0. The summed E-state index contributed by atoms with van der Waals surface area (Å²) in [4.78, 5) is 0. The van der Waals surface area contributed by atoms with E-state index in [-0.39, 0.29) is 0 Å². The lowest BCUT2D eigenvalue weighted by Crippen LogP contribution is -2.59. The van der Waals surface area contributed by atoms with Crippen LogP contribution in [0.4, 0.5) is 0 Å². The lowest BCUT2D eigenvalue weighted by molar-refractivity contribution is 0.273. The standard InChI is InChI=1S/C7H26O8Si8/c1-18-8-16-10-22(5,14-20(3)12-18)7-23(6)11-17-9-19(2)13-21(4)15-23/h16-21H,7H2,1-6H3. The smallest absolute Gasteiger partial charge is 0.345 e. The zero-order valence-corrected chi connectivity index (χ0v) is 23.4. The zero-order valence-electron chi connectivity index (χ0n) is 14.4. The fourth-order valence-corrected chi connectivity index (χ4v) is 30.4. The molecule has 2 fully saturated rings. The van der Waals surface area contributed by atoms with E-state index in [2.05, 4.69) is 13.1 Å². The Morgan fingerprint density at radius 1 is 0.696 bits per heavy atom. The summed E-state index contributed by atoms with van der Waals surface area (Å²) in [6.45, 7) is 12.2. The van der Waals surface area contributed by atoms with Gasteiger partial charge in [0.25, 0.3) is 37.1 Å². The quantitative estimate of drug-likeness (QED) is 0.472. The third-order valence-electron chi connectivity index (χ3n) is 3.33. The predicted molar refractivity (Wildman–Crippen MR) is 103 cm³/mol.